The van der Waals surface area contributed by atoms with Crippen molar-refractivity contribution in [1.29, 1.82) is 0 Å². The fourth-order valence-electron chi connectivity index (χ4n) is 3.20. The van der Waals surface area contributed by atoms with E-state index < -0.39 is 30.0 Å². The Hall–Kier alpha value is -2.19. The summed E-state index contributed by atoms with van der Waals surface area (Å²) in [5.41, 5.74) is -0.287. The summed E-state index contributed by atoms with van der Waals surface area (Å²) in [5.74, 6) is 1.07. The van der Waals surface area contributed by atoms with E-state index in [0.717, 1.165) is 10.8 Å². The average molecular weight is 403 g/mol. The van der Waals surface area contributed by atoms with Gasteiger partial charge in [0, 0.05) is 23.1 Å². The molecule has 1 aromatic carbocycles. The van der Waals surface area contributed by atoms with Crippen molar-refractivity contribution in [2.75, 3.05) is 14.2 Å². The first kappa shape index (κ1) is 21.5. The number of rotatable bonds is 3. The molecule has 0 saturated carbocycles. The summed E-state index contributed by atoms with van der Waals surface area (Å²) in [7, 11) is 2.49. The van der Waals surface area contributed by atoms with Crippen molar-refractivity contribution in [3.63, 3.8) is 0 Å². The van der Waals surface area contributed by atoms with Crippen LogP contribution in [0.4, 0.5) is 4.79 Å². The maximum atomic E-state index is 12.9. The number of carbonyl (C=O) groups excluding carboxylic acids is 1. The number of fused-ring (bicyclic) bond motifs is 1. The molecular weight excluding hydrogens is 373 g/mol. The largest absolute Gasteiger partial charge is 0.497 e. The summed E-state index contributed by atoms with van der Waals surface area (Å²) >= 11 is 0. The highest BCUT2D eigenvalue weighted by molar-refractivity contribution is 6.65. The SMILES string of the molecule is COc1cc2c(B3OC(C)(C)C(C)(C)O3)cn(C(=O)OC(C)(C)C)c2cc1OC. The molecule has 2 aromatic rings. The van der Waals surface area contributed by atoms with Gasteiger partial charge in [-0.3, -0.25) is 4.57 Å². The quantitative estimate of drug-likeness (QED) is 0.728. The molecule has 8 heteroatoms. The molecule has 0 bridgehead atoms. The van der Waals surface area contributed by atoms with Crippen LogP contribution >= 0.6 is 0 Å². The summed E-state index contributed by atoms with van der Waals surface area (Å²) in [6.07, 6.45) is 1.22. The number of hydrogen-bond donors (Lipinski definition) is 0. The Balaban J connectivity index is 2.19. The van der Waals surface area contributed by atoms with Gasteiger partial charge in [-0.25, -0.2) is 4.79 Å². The third kappa shape index (κ3) is 3.83. The van der Waals surface area contributed by atoms with E-state index in [1.54, 1.807) is 26.5 Å². The van der Waals surface area contributed by atoms with Crippen molar-refractivity contribution in [3.05, 3.63) is 18.3 Å². The standard InChI is InChI=1S/C21H30BNO6/c1-19(2,3)27-18(24)23-12-14(22-28-20(4,5)21(6,7)29-22)13-10-16(25-8)17(26-9)11-15(13)23/h10-12H,1-9H3. The second-order valence-corrected chi connectivity index (χ2v) is 9.25. The third-order valence-electron chi connectivity index (χ3n) is 5.44. The van der Waals surface area contributed by atoms with E-state index in [0.29, 0.717) is 17.0 Å². The van der Waals surface area contributed by atoms with E-state index in [2.05, 4.69) is 0 Å². The van der Waals surface area contributed by atoms with Gasteiger partial charge in [-0.05, 0) is 54.5 Å². The van der Waals surface area contributed by atoms with Crippen molar-refractivity contribution in [3.8, 4) is 11.5 Å². The van der Waals surface area contributed by atoms with Gasteiger partial charge in [0.2, 0.25) is 0 Å². The number of nitrogens with zero attached hydrogens (tertiary/aromatic N) is 1. The van der Waals surface area contributed by atoms with E-state index >= 15 is 0 Å². The Bertz CT molecular complexity index is 925. The Morgan fingerprint density at radius 3 is 2.00 bits per heavy atom. The minimum atomic E-state index is -0.635. The van der Waals surface area contributed by atoms with Crippen molar-refractivity contribution < 1.29 is 28.3 Å². The minimum absolute atomic E-state index is 0.488. The lowest BCUT2D eigenvalue weighted by Gasteiger charge is -2.32. The maximum absolute atomic E-state index is 12.9. The van der Waals surface area contributed by atoms with Crippen LogP contribution in [-0.4, -0.2) is 48.8 Å². The topological polar surface area (TPSA) is 68.2 Å². The molecule has 0 amide bonds. The molecule has 0 spiro atoms. The van der Waals surface area contributed by atoms with Gasteiger partial charge in [-0.1, -0.05) is 0 Å². The van der Waals surface area contributed by atoms with Crippen molar-refractivity contribution in [1.82, 2.24) is 4.57 Å². The summed E-state index contributed by atoms with van der Waals surface area (Å²) in [4.78, 5) is 12.9. The highest BCUT2D eigenvalue weighted by Crippen LogP contribution is 2.38. The van der Waals surface area contributed by atoms with E-state index in [-0.39, 0.29) is 0 Å². The van der Waals surface area contributed by atoms with Gasteiger partial charge in [0.15, 0.2) is 11.5 Å². The molecular formula is C21H30BNO6. The number of benzene rings is 1. The fraction of sp³-hybridized carbons (Fsp3) is 0.571. The molecule has 1 aliphatic heterocycles. The van der Waals surface area contributed by atoms with Gasteiger partial charge in [0.1, 0.15) is 5.60 Å². The lowest BCUT2D eigenvalue weighted by atomic mass is 9.79. The molecule has 2 heterocycles. The summed E-state index contributed by atoms with van der Waals surface area (Å²) in [6, 6.07) is 3.59. The number of carbonyl (C=O) groups is 1. The average Bonchev–Trinajstić information content (AvgIpc) is 3.05. The van der Waals surface area contributed by atoms with Gasteiger partial charge in [0.25, 0.3) is 0 Å². The molecule has 0 N–H and O–H groups in total. The van der Waals surface area contributed by atoms with E-state index in [9.17, 15) is 4.79 Å². The van der Waals surface area contributed by atoms with Crippen molar-refractivity contribution in [2.45, 2.75) is 65.3 Å². The van der Waals surface area contributed by atoms with E-state index in [1.807, 2.05) is 54.5 Å². The van der Waals surface area contributed by atoms with Crippen LogP contribution in [0, 0.1) is 0 Å². The Morgan fingerprint density at radius 2 is 1.52 bits per heavy atom. The molecule has 1 aromatic heterocycles. The first-order chi connectivity index (χ1) is 13.3. The predicted molar refractivity (Wildman–Crippen MR) is 112 cm³/mol. The maximum Gasteiger partial charge on any atom is 0.497 e. The van der Waals surface area contributed by atoms with Crippen LogP contribution in [0.15, 0.2) is 18.3 Å². The molecule has 158 valence electrons. The zero-order chi connectivity index (χ0) is 21.8. The summed E-state index contributed by atoms with van der Waals surface area (Å²) in [5, 5.41) is 0.770. The third-order valence-corrected chi connectivity index (χ3v) is 5.44. The molecule has 29 heavy (non-hydrogen) atoms. The lowest BCUT2D eigenvalue weighted by molar-refractivity contribution is 0.00578. The molecule has 0 unspecified atom stereocenters. The summed E-state index contributed by atoms with van der Waals surface area (Å²) in [6.45, 7) is 13.4. The number of methoxy groups -OCH3 is 2. The molecule has 1 saturated heterocycles. The first-order valence-electron chi connectivity index (χ1n) is 9.65. The Morgan fingerprint density at radius 1 is 1.00 bits per heavy atom. The highest BCUT2D eigenvalue weighted by Gasteiger charge is 2.52. The van der Waals surface area contributed by atoms with Gasteiger partial charge in [0.05, 0.1) is 30.9 Å². The fourth-order valence-corrected chi connectivity index (χ4v) is 3.20. The molecule has 0 atom stereocenters. The molecule has 0 radical (unpaired) electrons. The Kier molecular flexibility index (Phi) is 5.16. The minimum Gasteiger partial charge on any atom is -0.493 e. The van der Waals surface area contributed by atoms with Crippen LogP contribution in [-0.2, 0) is 14.0 Å². The van der Waals surface area contributed by atoms with E-state index in [1.165, 1.54) is 4.57 Å². The first-order valence-corrected chi connectivity index (χ1v) is 9.65. The second-order valence-electron chi connectivity index (χ2n) is 9.25. The number of ether oxygens (including phenoxy) is 3. The second kappa shape index (κ2) is 6.95. The van der Waals surface area contributed by atoms with Crippen molar-refractivity contribution in [2.24, 2.45) is 0 Å². The number of aromatic nitrogens is 1. The zero-order valence-corrected chi connectivity index (χ0v) is 18.7. The van der Waals surface area contributed by atoms with Crippen LogP contribution in [0.3, 0.4) is 0 Å². The monoisotopic (exact) mass is 403 g/mol. The van der Waals surface area contributed by atoms with Gasteiger partial charge < -0.3 is 23.5 Å². The van der Waals surface area contributed by atoms with Crippen LogP contribution in [0.5, 0.6) is 11.5 Å². The lowest BCUT2D eigenvalue weighted by Crippen LogP contribution is -2.41. The smallest absolute Gasteiger partial charge is 0.493 e. The van der Waals surface area contributed by atoms with Gasteiger partial charge in [-0.2, -0.15) is 0 Å². The highest BCUT2D eigenvalue weighted by atomic mass is 16.7. The molecule has 7 nitrogen and oxygen atoms in total. The van der Waals surface area contributed by atoms with Crippen LogP contribution < -0.4 is 14.9 Å². The molecule has 0 aliphatic carbocycles. The zero-order valence-electron chi connectivity index (χ0n) is 18.7. The molecule has 1 fully saturated rings. The molecule has 3 rings (SSSR count). The van der Waals surface area contributed by atoms with Crippen LogP contribution in [0.1, 0.15) is 48.5 Å². The van der Waals surface area contributed by atoms with Crippen LogP contribution in [0.2, 0.25) is 0 Å². The van der Waals surface area contributed by atoms with Crippen molar-refractivity contribution >= 4 is 29.6 Å². The van der Waals surface area contributed by atoms with Gasteiger partial charge >= 0.3 is 13.2 Å². The van der Waals surface area contributed by atoms with E-state index in [4.69, 9.17) is 23.5 Å². The Labute approximate surface area is 172 Å². The van der Waals surface area contributed by atoms with Crippen LogP contribution in [0.25, 0.3) is 10.9 Å². The normalized spacial score (nSPS) is 18.2. The van der Waals surface area contributed by atoms with Gasteiger partial charge in [-0.15, -0.1) is 0 Å². The summed E-state index contributed by atoms with van der Waals surface area (Å²) < 4.78 is 30.4. The number of hydrogen-bond acceptors (Lipinski definition) is 6. The predicted octanol–water partition coefficient (Wildman–Crippen LogP) is 3.74. The molecule has 1 aliphatic rings.